The van der Waals surface area contributed by atoms with Gasteiger partial charge in [-0.05, 0) is 50.0 Å². The summed E-state index contributed by atoms with van der Waals surface area (Å²) in [6.07, 6.45) is 5.33. The number of nitrogen functional groups attached to an aromatic ring is 1. The molecule has 1 atom stereocenters. The van der Waals surface area contributed by atoms with Gasteiger partial charge in [0.1, 0.15) is 12.7 Å². The van der Waals surface area contributed by atoms with Crippen LogP contribution in [0.25, 0.3) is 17.1 Å². The van der Waals surface area contributed by atoms with Gasteiger partial charge >= 0.3 is 0 Å². The molecule has 1 fully saturated rings. The first-order valence-corrected chi connectivity index (χ1v) is 10.7. The van der Waals surface area contributed by atoms with E-state index in [1.54, 1.807) is 18.2 Å². The van der Waals surface area contributed by atoms with Gasteiger partial charge in [0.05, 0.1) is 16.8 Å². The number of hydrogen-bond acceptors (Lipinski definition) is 8. The standard InChI is InChI=1S/C18H22N8O2S/c1-12-2-3-14(29(27,28)24-8-13-4-5-20-7-13)6-15(12)16-9-22-17(19)18(25-16)26-11-21-10-23-26/h2-3,6,9-11,13,20,24H,4-5,7-8H2,1H3,(H2,19,22)/t13-/m0/s1. The van der Waals surface area contributed by atoms with Crippen LogP contribution in [0.4, 0.5) is 5.82 Å². The highest BCUT2D eigenvalue weighted by Gasteiger charge is 2.21. The molecule has 11 heteroatoms. The Labute approximate surface area is 168 Å². The molecule has 0 saturated carbocycles. The van der Waals surface area contributed by atoms with E-state index in [-0.39, 0.29) is 10.7 Å². The van der Waals surface area contributed by atoms with E-state index in [0.717, 1.165) is 25.1 Å². The predicted molar refractivity (Wildman–Crippen MR) is 108 cm³/mol. The third kappa shape index (κ3) is 4.11. The van der Waals surface area contributed by atoms with Gasteiger partial charge in [-0.3, -0.25) is 0 Å². The summed E-state index contributed by atoms with van der Waals surface area (Å²) >= 11 is 0. The fourth-order valence-electron chi connectivity index (χ4n) is 3.25. The number of benzene rings is 1. The number of rotatable bonds is 6. The average molecular weight is 414 g/mol. The maximum atomic E-state index is 12.8. The van der Waals surface area contributed by atoms with E-state index < -0.39 is 10.0 Å². The SMILES string of the molecule is Cc1ccc(S(=O)(=O)NC[C@H]2CCNC2)cc1-c1cnc(N)c(-n2cncn2)n1. The number of anilines is 1. The predicted octanol–water partition coefficient (Wildman–Crippen LogP) is 0.503. The zero-order valence-corrected chi connectivity index (χ0v) is 16.7. The van der Waals surface area contributed by atoms with Gasteiger partial charge in [0, 0.05) is 12.1 Å². The smallest absolute Gasteiger partial charge is 0.240 e. The summed E-state index contributed by atoms with van der Waals surface area (Å²) < 4.78 is 29.7. The second kappa shape index (κ2) is 7.85. The lowest BCUT2D eigenvalue weighted by Gasteiger charge is -2.13. The molecule has 0 unspecified atom stereocenters. The van der Waals surface area contributed by atoms with Crippen molar-refractivity contribution in [3.05, 3.63) is 42.6 Å². The molecule has 29 heavy (non-hydrogen) atoms. The normalized spacial score (nSPS) is 16.9. The summed E-state index contributed by atoms with van der Waals surface area (Å²) in [4.78, 5) is 12.8. The number of sulfonamides is 1. The van der Waals surface area contributed by atoms with Gasteiger partial charge in [-0.1, -0.05) is 6.07 Å². The Kier molecular flexibility index (Phi) is 5.26. The van der Waals surface area contributed by atoms with Crippen molar-refractivity contribution in [2.45, 2.75) is 18.2 Å². The van der Waals surface area contributed by atoms with Crippen LogP contribution in [-0.2, 0) is 10.0 Å². The highest BCUT2D eigenvalue weighted by molar-refractivity contribution is 7.89. The molecule has 0 spiro atoms. The average Bonchev–Trinajstić information content (AvgIpc) is 3.41. The minimum atomic E-state index is -3.63. The molecule has 3 aromatic rings. The maximum Gasteiger partial charge on any atom is 0.240 e. The van der Waals surface area contributed by atoms with Crippen LogP contribution in [0.3, 0.4) is 0 Å². The van der Waals surface area contributed by atoms with E-state index in [0.29, 0.717) is 29.5 Å². The topological polar surface area (TPSA) is 141 Å². The van der Waals surface area contributed by atoms with E-state index in [2.05, 4.69) is 30.1 Å². The highest BCUT2D eigenvalue weighted by Crippen LogP contribution is 2.26. The second-order valence-corrected chi connectivity index (χ2v) is 8.76. The van der Waals surface area contributed by atoms with Crippen molar-refractivity contribution in [2.24, 2.45) is 5.92 Å². The fraction of sp³-hybridized carbons (Fsp3) is 0.333. The lowest BCUT2D eigenvalue weighted by atomic mass is 10.1. The maximum absolute atomic E-state index is 12.8. The monoisotopic (exact) mass is 414 g/mol. The molecule has 4 N–H and O–H groups in total. The molecule has 10 nitrogen and oxygen atoms in total. The lowest BCUT2D eigenvalue weighted by molar-refractivity contribution is 0.539. The van der Waals surface area contributed by atoms with Crippen molar-refractivity contribution in [3.8, 4) is 17.1 Å². The van der Waals surface area contributed by atoms with Gasteiger partial charge in [0.15, 0.2) is 11.6 Å². The highest BCUT2D eigenvalue weighted by atomic mass is 32.2. The van der Waals surface area contributed by atoms with Crippen LogP contribution in [0.5, 0.6) is 0 Å². The van der Waals surface area contributed by atoms with Crippen LogP contribution in [0, 0.1) is 12.8 Å². The second-order valence-electron chi connectivity index (χ2n) is 6.99. The minimum absolute atomic E-state index is 0.185. The van der Waals surface area contributed by atoms with Gasteiger partial charge in [-0.25, -0.2) is 28.1 Å². The van der Waals surface area contributed by atoms with Crippen LogP contribution < -0.4 is 15.8 Å². The number of nitrogens with two attached hydrogens (primary N) is 1. The van der Waals surface area contributed by atoms with Crippen LogP contribution in [0.1, 0.15) is 12.0 Å². The first-order chi connectivity index (χ1) is 13.9. The van der Waals surface area contributed by atoms with Crippen molar-refractivity contribution in [2.75, 3.05) is 25.4 Å². The Morgan fingerprint density at radius 3 is 2.97 bits per heavy atom. The van der Waals surface area contributed by atoms with Gasteiger partial charge in [-0.15, -0.1) is 0 Å². The summed E-state index contributed by atoms with van der Waals surface area (Å²) in [5.74, 6) is 0.843. The quantitative estimate of drug-likeness (QED) is 0.530. The number of nitrogens with one attached hydrogen (secondary N) is 2. The van der Waals surface area contributed by atoms with E-state index in [1.165, 1.54) is 23.5 Å². The molecule has 0 amide bonds. The summed E-state index contributed by atoms with van der Waals surface area (Å²) in [5.41, 5.74) is 7.95. The molecule has 4 rings (SSSR count). The molecular weight excluding hydrogens is 392 g/mol. The van der Waals surface area contributed by atoms with Crippen molar-refractivity contribution in [1.29, 1.82) is 0 Å². The molecule has 1 aromatic carbocycles. The Morgan fingerprint density at radius 1 is 1.38 bits per heavy atom. The Bertz CT molecular complexity index is 1110. The van der Waals surface area contributed by atoms with Crippen LogP contribution in [-0.4, -0.2) is 52.8 Å². The van der Waals surface area contributed by atoms with Gasteiger partial charge in [0.25, 0.3) is 0 Å². The summed E-state index contributed by atoms with van der Waals surface area (Å²) in [6.45, 7) is 4.05. The van der Waals surface area contributed by atoms with E-state index in [4.69, 9.17) is 5.73 Å². The molecule has 1 aliphatic rings. The van der Waals surface area contributed by atoms with Crippen molar-refractivity contribution in [1.82, 2.24) is 34.8 Å². The summed E-state index contributed by atoms with van der Waals surface area (Å²) in [7, 11) is -3.63. The molecule has 0 bridgehead atoms. The van der Waals surface area contributed by atoms with Crippen molar-refractivity contribution < 1.29 is 8.42 Å². The molecule has 152 valence electrons. The molecule has 1 aliphatic heterocycles. The zero-order chi connectivity index (χ0) is 20.4. The van der Waals surface area contributed by atoms with Crippen molar-refractivity contribution in [3.63, 3.8) is 0 Å². The molecule has 2 aromatic heterocycles. The first-order valence-electron chi connectivity index (χ1n) is 9.23. The van der Waals surface area contributed by atoms with Crippen LogP contribution >= 0.6 is 0 Å². The molecule has 1 saturated heterocycles. The third-order valence-electron chi connectivity index (χ3n) is 4.94. The van der Waals surface area contributed by atoms with Crippen molar-refractivity contribution >= 4 is 15.8 Å². The van der Waals surface area contributed by atoms with E-state index >= 15 is 0 Å². The number of aryl methyl sites for hydroxylation is 1. The fourth-order valence-corrected chi connectivity index (χ4v) is 4.39. The number of nitrogens with zero attached hydrogens (tertiary/aromatic N) is 5. The Morgan fingerprint density at radius 2 is 2.24 bits per heavy atom. The van der Waals surface area contributed by atoms with Gasteiger partial charge < -0.3 is 11.1 Å². The van der Waals surface area contributed by atoms with E-state index in [9.17, 15) is 8.42 Å². The third-order valence-corrected chi connectivity index (χ3v) is 6.36. The Balaban J connectivity index is 1.66. The largest absolute Gasteiger partial charge is 0.381 e. The molecule has 0 radical (unpaired) electrons. The van der Waals surface area contributed by atoms with E-state index in [1.807, 2.05) is 6.92 Å². The summed E-state index contributed by atoms with van der Waals surface area (Å²) in [5, 5.41) is 7.27. The Hall–Kier alpha value is -2.89. The van der Waals surface area contributed by atoms with Gasteiger partial charge in [-0.2, -0.15) is 9.78 Å². The molecular formula is C18H22N8O2S. The summed E-state index contributed by atoms with van der Waals surface area (Å²) in [6, 6.07) is 4.96. The number of hydrogen-bond donors (Lipinski definition) is 3. The minimum Gasteiger partial charge on any atom is -0.381 e. The molecule has 0 aliphatic carbocycles. The van der Waals surface area contributed by atoms with Gasteiger partial charge in [0.2, 0.25) is 10.0 Å². The van der Waals surface area contributed by atoms with Crippen LogP contribution in [0.2, 0.25) is 0 Å². The number of aromatic nitrogens is 5. The lowest BCUT2D eigenvalue weighted by Crippen LogP contribution is -2.30. The zero-order valence-electron chi connectivity index (χ0n) is 15.9. The van der Waals surface area contributed by atoms with Crippen LogP contribution in [0.15, 0.2) is 41.9 Å². The molecule has 3 heterocycles. The first kappa shape index (κ1) is 19.4.